The summed E-state index contributed by atoms with van der Waals surface area (Å²) < 4.78 is 27.7. The van der Waals surface area contributed by atoms with Crippen molar-refractivity contribution in [2.75, 3.05) is 12.3 Å². The Balaban J connectivity index is 2.24. The number of anilines is 1. The lowest BCUT2D eigenvalue weighted by atomic mass is 10.7. The van der Waals surface area contributed by atoms with Crippen LogP contribution in [0.2, 0.25) is 0 Å². The van der Waals surface area contributed by atoms with Gasteiger partial charge < -0.3 is 10.5 Å². The molecule has 1 aromatic rings. The quantitative estimate of drug-likeness (QED) is 0.775. The highest BCUT2D eigenvalue weighted by molar-refractivity contribution is 7.15. The maximum Gasteiger partial charge on any atom is 0.261 e. The summed E-state index contributed by atoms with van der Waals surface area (Å²) in [5.74, 6) is 0. The summed E-state index contributed by atoms with van der Waals surface area (Å²) in [5, 5.41) is 7.90. The number of rotatable bonds is 4. The van der Waals surface area contributed by atoms with E-state index < -0.39 is 13.0 Å². The maximum absolute atomic E-state index is 11.6. The van der Waals surface area contributed by atoms with Crippen molar-refractivity contribution >= 4 is 16.5 Å². The van der Waals surface area contributed by atoms with Crippen LogP contribution in [-0.4, -0.2) is 23.2 Å². The van der Waals surface area contributed by atoms with Gasteiger partial charge >= 0.3 is 0 Å². The van der Waals surface area contributed by atoms with Gasteiger partial charge in [0.2, 0.25) is 5.13 Å². The van der Waals surface area contributed by atoms with E-state index in [0.717, 1.165) is 11.3 Å². The number of nitrogen functional groups attached to an aromatic ring is 1. The highest BCUT2D eigenvalue weighted by Gasteiger charge is 2.04. The number of halogens is 2. The molecule has 0 aliphatic heterocycles. The molecule has 0 saturated heterocycles. The van der Waals surface area contributed by atoms with Crippen molar-refractivity contribution in [1.29, 1.82) is 0 Å². The molecule has 0 unspecified atom stereocenters. The van der Waals surface area contributed by atoms with Gasteiger partial charge in [0.15, 0.2) is 0 Å². The van der Waals surface area contributed by atoms with Gasteiger partial charge in [-0.2, -0.15) is 0 Å². The summed E-state index contributed by atoms with van der Waals surface area (Å²) in [5.41, 5.74) is 5.25. The lowest BCUT2D eigenvalue weighted by Crippen LogP contribution is -2.03. The van der Waals surface area contributed by atoms with Gasteiger partial charge in [0.25, 0.3) is 6.43 Å². The van der Waals surface area contributed by atoms with E-state index >= 15 is 0 Å². The predicted molar refractivity (Wildman–Crippen MR) is 40.0 cm³/mol. The zero-order chi connectivity index (χ0) is 8.97. The lowest BCUT2D eigenvalue weighted by Gasteiger charge is -1.98. The minimum absolute atomic E-state index is 0.0409. The van der Waals surface area contributed by atoms with Gasteiger partial charge in [-0.3, -0.25) is 0 Å². The molecule has 12 heavy (non-hydrogen) atoms. The van der Waals surface area contributed by atoms with Gasteiger partial charge in [-0.05, 0) is 0 Å². The minimum atomic E-state index is -2.45. The molecule has 2 N–H and O–H groups in total. The van der Waals surface area contributed by atoms with Crippen molar-refractivity contribution in [2.24, 2.45) is 0 Å². The van der Waals surface area contributed by atoms with Gasteiger partial charge in [0, 0.05) is 0 Å². The van der Waals surface area contributed by atoms with Gasteiger partial charge in [0.05, 0.1) is 0 Å². The van der Waals surface area contributed by atoms with Crippen LogP contribution in [0.25, 0.3) is 0 Å². The molecule has 68 valence electrons. The van der Waals surface area contributed by atoms with Crippen molar-refractivity contribution in [3.8, 4) is 0 Å². The average molecular weight is 195 g/mol. The Morgan fingerprint density at radius 3 is 2.75 bits per heavy atom. The normalized spacial score (nSPS) is 10.9. The monoisotopic (exact) mass is 195 g/mol. The van der Waals surface area contributed by atoms with E-state index in [1.807, 2.05) is 0 Å². The molecule has 1 aromatic heterocycles. The second kappa shape index (κ2) is 4.27. The lowest BCUT2D eigenvalue weighted by molar-refractivity contribution is 0.00968. The van der Waals surface area contributed by atoms with E-state index in [0.29, 0.717) is 10.1 Å². The van der Waals surface area contributed by atoms with Crippen molar-refractivity contribution in [1.82, 2.24) is 10.2 Å². The van der Waals surface area contributed by atoms with Crippen LogP contribution < -0.4 is 5.73 Å². The maximum atomic E-state index is 11.6. The van der Waals surface area contributed by atoms with Gasteiger partial charge in [0.1, 0.15) is 18.2 Å². The zero-order valence-electron chi connectivity index (χ0n) is 6.04. The van der Waals surface area contributed by atoms with E-state index in [1.54, 1.807) is 0 Å². The molecular formula is C5H7F2N3OS. The summed E-state index contributed by atoms with van der Waals surface area (Å²) in [6.07, 6.45) is -2.45. The van der Waals surface area contributed by atoms with E-state index in [-0.39, 0.29) is 6.61 Å². The number of hydrogen-bond donors (Lipinski definition) is 1. The Bertz CT molecular complexity index is 242. The first-order valence-electron chi connectivity index (χ1n) is 3.12. The molecule has 0 saturated carbocycles. The number of nitrogens with two attached hydrogens (primary N) is 1. The first-order chi connectivity index (χ1) is 5.68. The largest absolute Gasteiger partial charge is 0.374 e. The molecule has 0 bridgehead atoms. The van der Waals surface area contributed by atoms with Crippen LogP contribution in [0, 0.1) is 0 Å². The summed E-state index contributed by atoms with van der Waals surface area (Å²) in [6, 6.07) is 0. The first kappa shape index (κ1) is 9.27. The fourth-order valence-electron chi connectivity index (χ4n) is 0.560. The molecular weight excluding hydrogens is 188 g/mol. The summed E-state index contributed by atoms with van der Waals surface area (Å²) in [7, 11) is 0. The molecule has 0 radical (unpaired) electrons. The molecule has 0 aromatic carbocycles. The number of nitrogens with zero attached hydrogens (tertiary/aromatic N) is 2. The zero-order valence-corrected chi connectivity index (χ0v) is 6.85. The summed E-state index contributed by atoms with van der Waals surface area (Å²) in [4.78, 5) is 0. The third-order valence-corrected chi connectivity index (χ3v) is 1.68. The highest BCUT2D eigenvalue weighted by Crippen LogP contribution is 2.11. The molecule has 4 nitrogen and oxygen atoms in total. The Kier molecular flexibility index (Phi) is 3.30. The third kappa shape index (κ3) is 3.05. The highest BCUT2D eigenvalue weighted by atomic mass is 32.1. The van der Waals surface area contributed by atoms with Crippen LogP contribution in [0.15, 0.2) is 0 Å². The average Bonchev–Trinajstić information content (AvgIpc) is 2.35. The Labute approximate surface area is 71.4 Å². The fraction of sp³-hybridized carbons (Fsp3) is 0.600. The van der Waals surface area contributed by atoms with Gasteiger partial charge in [-0.1, -0.05) is 11.3 Å². The Hall–Kier alpha value is -0.820. The molecule has 1 rings (SSSR count). The summed E-state index contributed by atoms with van der Waals surface area (Å²) >= 11 is 1.13. The molecule has 0 atom stereocenters. The molecule has 0 aliphatic carbocycles. The van der Waals surface area contributed by atoms with Crippen LogP contribution in [-0.2, 0) is 11.3 Å². The van der Waals surface area contributed by atoms with Crippen LogP contribution in [0.3, 0.4) is 0 Å². The van der Waals surface area contributed by atoms with Crippen molar-refractivity contribution < 1.29 is 13.5 Å². The van der Waals surface area contributed by atoms with E-state index in [1.165, 1.54) is 0 Å². The first-order valence-corrected chi connectivity index (χ1v) is 3.94. The van der Waals surface area contributed by atoms with Crippen LogP contribution in [0.4, 0.5) is 13.9 Å². The smallest absolute Gasteiger partial charge is 0.261 e. The fourth-order valence-corrected chi connectivity index (χ4v) is 1.11. The number of aromatic nitrogens is 2. The second-order valence-electron chi connectivity index (χ2n) is 1.94. The van der Waals surface area contributed by atoms with E-state index in [2.05, 4.69) is 14.9 Å². The van der Waals surface area contributed by atoms with Crippen LogP contribution in [0.5, 0.6) is 0 Å². The van der Waals surface area contributed by atoms with E-state index in [9.17, 15) is 8.78 Å². The Morgan fingerprint density at radius 2 is 2.25 bits per heavy atom. The van der Waals surface area contributed by atoms with Crippen molar-refractivity contribution in [3.05, 3.63) is 5.01 Å². The van der Waals surface area contributed by atoms with Crippen LogP contribution in [0.1, 0.15) is 5.01 Å². The van der Waals surface area contributed by atoms with Gasteiger partial charge in [-0.15, -0.1) is 10.2 Å². The molecule has 0 spiro atoms. The standard InChI is InChI=1S/C5H7F2N3OS/c6-3(7)1-11-2-4-9-10-5(8)12-4/h3H,1-2H2,(H2,8,10). The molecule has 0 aliphatic rings. The van der Waals surface area contributed by atoms with Crippen LogP contribution >= 0.6 is 11.3 Å². The van der Waals surface area contributed by atoms with E-state index in [4.69, 9.17) is 5.73 Å². The molecule has 7 heteroatoms. The topological polar surface area (TPSA) is 61.0 Å². The predicted octanol–water partition coefficient (Wildman–Crippen LogP) is 0.902. The number of hydrogen-bond acceptors (Lipinski definition) is 5. The Morgan fingerprint density at radius 1 is 1.50 bits per heavy atom. The van der Waals surface area contributed by atoms with Gasteiger partial charge in [-0.25, -0.2) is 8.78 Å². The van der Waals surface area contributed by atoms with Crippen molar-refractivity contribution in [3.63, 3.8) is 0 Å². The SMILES string of the molecule is Nc1nnc(COCC(F)F)s1. The van der Waals surface area contributed by atoms with Crippen molar-refractivity contribution in [2.45, 2.75) is 13.0 Å². The number of alkyl halides is 2. The number of ether oxygens (including phenoxy) is 1. The minimum Gasteiger partial charge on any atom is -0.374 e. The summed E-state index contributed by atoms with van der Waals surface area (Å²) in [6.45, 7) is -0.543. The second-order valence-corrected chi connectivity index (χ2v) is 3.03. The molecule has 0 amide bonds. The third-order valence-electron chi connectivity index (χ3n) is 0.952. The molecule has 0 fully saturated rings. The molecule has 1 heterocycles.